The molecule has 0 N–H and O–H groups in total. The molecule has 24 heavy (non-hydrogen) atoms. The van der Waals surface area contributed by atoms with Gasteiger partial charge in [0.15, 0.2) is 0 Å². The first-order chi connectivity index (χ1) is 11.5. The van der Waals surface area contributed by atoms with Crippen molar-refractivity contribution in [2.45, 2.75) is 11.8 Å². The molecule has 0 radical (unpaired) electrons. The van der Waals surface area contributed by atoms with Gasteiger partial charge in [-0.2, -0.15) is 0 Å². The van der Waals surface area contributed by atoms with E-state index in [0.717, 1.165) is 0 Å². The summed E-state index contributed by atoms with van der Waals surface area (Å²) in [4.78, 5) is 24.6. The fraction of sp³-hybridized carbons (Fsp3) is 0.222. The third kappa shape index (κ3) is 1.60. The Morgan fingerprint density at radius 1 is 0.667 bits per heavy atom. The number of halogens is 2. The van der Waals surface area contributed by atoms with E-state index in [1.165, 1.54) is 24.3 Å². The van der Waals surface area contributed by atoms with Gasteiger partial charge in [-0.25, -0.2) is 8.78 Å². The maximum atomic E-state index is 13.4. The van der Waals surface area contributed by atoms with E-state index in [0.29, 0.717) is 11.1 Å². The first-order valence-electron chi connectivity index (χ1n) is 7.57. The molecule has 5 rings (SSSR count). The lowest BCUT2D eigenvalue weighted by atomic mass is 9.51. The number of fused-ring (bicyclic) bond motifs is 8. The van der Waals surface area contributed by atoms with Gasteiger partial charge in [0.25, 0.3) is 0 Å². The highest BCUT2D eigenvalue weighted by Gasteiger charge is 2.64. The van der Waals surface area contributed by atoms with Crippen LogP contribution in [0.15, 0.2) is 36.4 Å². The second-order valence-corrected chi connectivity index (χ2v) is 6.31. The Kier molecular flexibility index (Phi) is 2.51. The Bertz CT molecular complexity index is 848. The zero-order chi connectivity index (χ0) is 16.6. The summed E-state index contributed by atoms with van der Waals surface area (Å²) < 4.78 is 37.3. The minimum Gasteiger partial charge on any atom is -0.426 e. The van der Waals surface area contributed by atoms with Crippen molar-refractivity contribution in [3.8, 4) is 11.5 Å². The van der Waals surface area contributed by atoms with Crippen LogP contribution in [-0.2, 0) is 9.59 Å². The third-order valence-electron chi connectivity index (χ3n) is 5.18. The summed E-state index contributed by atoms with van der Waals surface area (Å²) >= 11 is 0. The first kappa shape index (κ1) is 13.7. The fourth-order valence-electron chi connectivity index (χ4n) is 4.20. The maximum absolute atomic E-state index is 13.4. The molecule has 6 heteroatoms. The Morgan fingerprint density at radius 3 is 1.50 bits per heavy atom. The quantitative estimate of drug-likeness (QED) is 0.551. The van der Waals surface area contributed by atoms with Crippen molar-refractivity contribution < 1.29 is 27.8 Å². The van der Waals surface area contributed by atoms with Crippen LogP contribution in [0.2, 0.25) is 0 Å². The molecule has 4 atom stereocenters. The van der Waals surface area contributed by atoms with E-state index in [-0.39, 0.29) is 23.3 Å². The lowest BCUT2D eigenvalue weighted by Gasteiger charge is -2.53. The van der Waals surface area contributed by atoms with Gasteiger partial charge in [0.2, 0.25) is 0 Å². The van der Waals surface area contributed by atoms with E-state index in [9.17, 15) is 18.4 Å². The number of esters is 2. The SMILES string of the molecule is O=C1Oc2cc(F)ccc2[C@@H]2[C@H]1[C@@H]1C(=O)Oc3cc(F)ccc3[C@@H]12. The number of carbonyl (C=O) groups is 2. The van der Waals surface area contributed by atoms with E-state index in [1.807, 2.05) is 0 Å². The molecule has 0 amide bonds. The van der Waals surface area contributed by atoms with Crippen molar-refractivity contribution in [1.29, 1.82) is 0 Å². The van der Waals surface area contributed by atoms with E-state index in [4.69, 9.17) is 9.47 Å². The van der Waals surface area contributed by atoms with E-state index in [1.54, 1.807) is 12.1 Å². The van der Waals surface area contributed by atoms with Gasteiger partial charge >= 0.3 is 11.9 Å². The van der Waals surface area contributed by atoms with Gasteiger partial charge in [0, 0.05) is 24.0 Å². The van der Waals surface area contributed by atoms with Crippen molar-refractivity contribution in [3.63, 3.8) is 0 Å². The number of benzene rings is 2. The van der Waals surface area contributed by atoms with Crippen LogP contribution >= 0.6 is 0 Å². The highest BCUT2D eigenvalue weighted by Crippen LogP contribution is 2.64. The number of hydrogen-bond acceptors (Lipinski definition) is 4. The van der Waals surface area contributed by atoms with E-state index < -0.39 is 35.4 Å². The van der Waals surface area contributed by atoms with Gasteiger partial charge in [-0.3, -0.25) is 9.59 Å². The average Bonchev–Trinajstić information content (AvgIpc) is 2.49. The molecule has 120 valence electrons. The molecule has 4 nitrogen and oxygen atoms in total. The zero-order valence-corrected chi connectivity index (χ0v) is 12.2. The minimum absolute atomic E-state index is 0.183. The Morgan fingerprint density at radius 2 is 1.08 bits per heavy atom. The summed E-state index contributed by atoms with van der Waals surface area (Å²) in [5.74, 6) is -3.65. The summed E-state index contributed by atoms with van der Waals surface area (Å²) in [6.45, 7) is 0. The molecule has 0 spiro atoms. The van der Waals surface area contributed by atoms with Crippen LogP contribution in [0.5, 0.6) is 11.5 Å². The molecular formula is C18H10F2O4. The van der Waals surface area contributed by atoms with Crippen molar-refractivity contribution in [2.75, 3.05) is 0 Å². The second-order valence-electron chi connectivity index (χ2n) is 6.31. The lowest BCUT2D eigenvalue weighted by molar-refractivity contribution is -0.165. The summed E-state index contributed by atoms with van der Waals surface area (Å²) in [6, 6.07) is 8.10. The fourth-order valence-corrected chi connectivity index (χ4v) is 4.20. The van der Waals surface area contributed by atoms with Crippen molar-refractivity contribution in [3.05, 3.63) is 59.2 Å². The molecule has 0 saturated heterocycles. The zero-order valence-electron chi connectivity index (χ0n) is 12.2. The number of carbonyl (C=O) groups excluding carboxylic acids is 2. The number of hydrogen-bond donors (Lipinski definition) is 0. The monoisotopic (exact) mass is 328 g/mol. The average molecular weight is 328 g/mol. The van der Waals surface area contributed by atoms with Gasteiger partial charge in [0.1, 0.15) is 23.1 Å². The molecule has 0 bridgehead atoms. The van der Waals surface area contributed by atoms with Crippen LogP contribution in [0, 0.1) is 23.5 Å². The normalized spacial score (nSPS) is 29.2. The number of ether oxygens (including phenoxy) is 2. The lowest BCUT2D eigenvalue weighted by Crippen LogP contribution is -2.57. The largest absolute Gasteiger partial charge is 0.426 e. The van der Waals surface area contributed by atoms with Crippen LogP contribution in [0.25, 0.3) is 0 Å². The Labute approximate surface area is 135 Å². The summed E-state index contributed by atoms with van der Waals surface area (Å²) in [5.41, 5.74) is 1.37. The van der Waals surface area contributed by atoms with Crippen LogP contribution < -0.4 is 9.47 Å². The molecule has 2 aromatic rings. The first-order valence-corrected chi connectivity index (χ1v) is 7.57. The molecule has 3 aliphatic rings. The Hall–Kier alpha value is -2.76. The summed E-state index contributed by atoms with van der Waals surface area (Å²) in [7, 11) is 0. The van der Waals surface area contributed by atoms with Gasteiger partial charge in [-0.15, -0.1) is 0 Å². The second kappa shape index (κ2) is 4.41. The summed E-state index contributed by atoms with van der Waals surface area (Å²) in [5, 5.41) is 0. The van der Waals surface area contributed by atoms with Gasteiger partial charge < -0.3 is 9.47 Å². The van der Waals surface area contributed by atoms with Crippen LogP contribution in [0.3, 0.4) is 0 Å². The molecular weight excluding hydrogens is 318 g/mol. The topological polar surface area (TPSA) is 52.6 Å². The van der Waals surface area contributed by atoms with Gasteiger partial charge in [-0.05, 0) is 23.3 Å². The Balaban J connectivity index is 1.69. The van der Waals surface area contributed by atoms with Gasteiger partial charge in [-0.1, -0.05) is 12.1 Å². The standard InChI is InChI=1S/C18H10F2O4/c19-7-1-3-9-11(5-7)23-17(21)15-13(9)14-10-4-2-8(20)6-12(10)24-18(22)16(14)15/h1-6,13-16H/t13-,14+,15-,16+. The minimum atomic E-state index is -0.654. The van der Waals surface area contributed by atoms with Crippen LogP contribution in [0.1, 0.15) is 23.0 Å². The van der Waals surface area contributed by atoms with Crippen molar-refractivity contribution in [1.82, 2.24) is 0 Å². The predicted octanol–water partition coefficient (Wildman–Crippen LogP) is 2.92. The van der Waals surface area contributed by atoms with E-state index >= 15 is 0 Å². The summed E-state index contributed by atoms with van der Waals surface area (Å²) in [6.07, 6.45) is 0. The molecule has 0 aromatic heterocycles. The van der Waals surface area contributed by atoms with Gasteiger partial charge in [0.05, 0.1) is 11.8 Å². The molecule has 0 unspecified atom stereocenters. The highest BCUT2D eigenvalue weighted by atomic mass is 19.1. The van der Waals surface area contributed by atoms with Crippen LogP contribution in [0.4, 0.5) is 8.78 Å². The molecule has 1 fully saturated rings. The third-order valence-corrected chi connectivity index (χ3v) is 5.18. The molecule has 1 saturated carbocycles. The van der Waals surface area contributed by atoms with E-state index in [2.05, 4.69) is 0 Å². The molecule has 2 aromatic carbocycles. The molecule has 1 aliphatic carbocycles. The van der Waals surface area contributed by atoms with Crippen molar-refractivity contribution in [2.24, 2.45) is 11.8 Å². The predicted molar refractivity (Wildman–Crippen MR) is 76.5 cm³/mol. The maximum Gasteiger partial charge on any atom is 0.315 e. The van der Waals surface area contributed by atoms with Crippen molar-refractivity contribution >= 4 is 11.9 Å². The molecule has 2 aliphatic heterocycles. The van der Waals surface area contributed by atoms with Crippen LogP contribution in [-0.4, -0.2) is 11.9 Å². The highest BCUT2D eigenvalue weighted by molar-refractivity contribution is 5.92. The smallest absolute Gasteiger partial charge is 0.315 e. The molecule has 2 heterocycles. The number of rotatable bonds is 0.